The molecule has 2 aliphatic carbocycles. The van der Waals surface area contributed by atoms with E-state index < -0.39 is 0 Å². The van der Waals surface area contributed by atoms with E-state index in [2.05, 4.69) is 13.8 Å². The monoisotopic (exact) mass is 267 g/mol. The summed E-state index contributed by atoms with van der Waals surface area (Å²) in [6, 6.07) is 0.262. The summed E-state index contributed by atoms with van der Waals surface area (Å²) in [5.41, 5.74) is 6.73. The van der Waals surface area contributed by atoms with Crippen molar-refractivity contribution in [3.63, 3.8) is 0 Å². The Morgan fingerprint density at radius 2 is 1.63 bits per heavy atom. The number of hydrogen-bond acceptors (Lipinski definition) is 2. The van der Waals surface area contributed by atoms with Gasteiger partial charge in [0.05, 0.1) is 5.60 Å². The molecular formula is C17H33NO. The van der Waals surface area contributed by atoms with Crippen LogP contribution in [0.1, 0.15) is 78.1 Å². The van der Waals surface area contributed by atoms with E-state index in [1.165, 1.54) is 64.2 Å². The van der Waals surface area contributed by atoms with Crippen molar-refractivity contribution in [1.29, 1.82) is 0 Å². The van der Waals surface area contributed by atoms with E-state index in [9.17, 15) is 0 Å². The second kappa shape index (κ2) is 7.08. The van der Waals surface area contributed by atoms with Crippen LogP contribution >= 0.6 is 0 Å². The van der Waals surface area contributed by atoms with Gasteiger partial charge in [-0.25, -0.2) is 0 Å². The molecule has 1 unspecified atom stereocenters. The highest BCUT2D eigenvalue weighted by Gasteiger charge is 2.42. The van der Waals surface area contributed by atoms with Gasteiger partial charge in [-0.05, 0) is 44.4 Å². The van der Waals surface area contributed by atoms with Crippen LogP contribution in [0.5, 0.6) is 0 Å². The standard InChI is InChI=1S/C17H33NO/c1-3-19-17(12-6-4-5-7-13-17)16(18)15-10-8-14(2)9-11-15/h14-16H,3-13,18H2,1-2H3. The van der Waals surface area contributed by atoms with Crippen LogP contribution in [0.4, 0.5) is 0 Å². The van der Waals surface area contributed by atoms with Gasteiger partial charge in [0.15, 0.2) is 0 Å². The Morgan fingerprint density at radius 1 is 1.05 bits per heavy atom. The largest absolute Gasteiger partial charge is 0.374 e. The molecule has 2 fully saturated rings. The maximum Gasteiger partial charge on any atom is 0.0835 e. The van der Waals surface area contributed by atoms with Gasteiger partial charge in [0.2, 0.25) is 0 Å². The molecule has 0 heterocycles. The summed E-state index contributed by atoms with van der Waals surface area (Å²) in [4.78, 5) is 0. The lowest BCUT2D eigenvalue weighted by atomic mass is 9.72. The van der Waals surface area contributed by atoms with Crippen LogP contribution in [-0.2, 0) is 4.74 Å². The maximum absolute atomic E-state index is 6.73. The van der Waals surface area contributed by atoms with Crippen LogP contribution in [0.25, 0.3) is 0 Å². The SMILES string of the molecule is CCOC1(C(N)C2CCC(C)CC2)CCCCCC1. The topological polar surface area (TPSA) is 35.2 Å². The van der Waals surface area contributed by atoms with Crippen molar-refractivity contribution in [3.05, 3.63) is 0 Å². The van der Waals surface area contributed by atoms with Gasteiger partial charge < -0.3 is 10.5 Å². The van der Waals surface area contributed by atoms with E-state index in [-0.39, 0.29) is 11.6 Å². The van der Waals surface area contributed by atoms with Crippen molar-refractivity contribution in [1.82, 2.24) is 0 Å². The third kappa shape index (κ3) is 3.72. The van der Waals surface area contributed by atoms with Gasteiger partial charge in [-0.15, -0.1) is 0 Å². The van der Waals surface area contributed by atoms with Crippen molar-refractivity contribution in [2.45, 2.75) is 89.7 Å². The second-order valence-corrected chi connectivity index (χ2v) is 6.96. The predicted molar refractivity (Wildman–Crippen MR) is 81.2 cm³/mol. The molecule has 1 atom stereocenters. The summed E-state index contributed by atoms with van der Waals surface area (Å²) in [5.74, 6) is 1.60. The lowest BCUT2D eigenvalue weighted by Gasteiger charge is -2.44. The maximum atomic E-state index is 6.73. The highest BCUT2D eigenvalue weighted by molar-refractivity contribution is 4.97. The first-order valence-electron chi connectivity index (χ1n) is 8.57. The highest BCUT2D eigenvalue weighted by Crippen LogP contribution is 2.40. The van der Waals surface area contributed by atoms with Gasteiger partial charge in [0, 0.05) is 12.6 Å². The molecule has 2 nitrogen and oxygen atoms in total. The smallest absolute Gasteiger partial charge is 0.0835 e. The van der Waals surface area contributed by atoms with Gasteiger partial charge in [-0.2, -0.15) is 0 Å². The molecule has 0 saturated heterocycles. The Hall–Kier alpha value is -0.0800. The van der Waals surface area contributed by atoms with Crippen LogP contribution in [-0.4, -0.2) is 18.2 Å². The first-order chi connectivity index (χ1) is 9.18. The average molecular weight is 267 g/mol. The lowest BCUT2D eigenvalue weighted by molar-refractivity contribution is -0.0845. The lowest BCUT2D eigenvalue weighted by Crippen LogP contribution is -2.54. The number of ether oxygens (including phenoxy) is 1. The molecule has 0 amide bonds. The number of hydrogen-bond donors (Lipinski definition) is 1. The van der Waals surface area contributed by atoms with E-state index in [1.807, 2.05) is 0 Å². The molecule has 112 valence electrons. The minimum Gasteiger partial charge on any atom is -0.374 e. The normalized spacial score (nSPS) is 33.6. The Morgan fingerprint density at radius 3 is 2.16 bits per heavy atom. The average Bonchev–Trinajstić information content (AvgIpc) is 2.66. The first-order valence-corrected chi connectivity index (χ1v) is 8.57. The second-order valence-electron chi connectivity index (χ2n) is 6.96. The van der Waals surface area contributed by atoms with Gasteiger partial charge in [-0.1, -0.05) is 45.4 Å². The third-order valence-electron chi connectivity index (χ3n) is 5.56. The summed E-state index contributed by atoms with van der Waals surface area (Å²) >= 11 is 0. The summed E-state index contributed by atoms with van der Waals surface area (Å²) in [7, 11) is 0. The van der Waals surface area contributed by atoms with E-state index in [4.69, 9.17) is 10.5 Å². The summed E-state index contributed by atoms with van der Waals surface area (Å²) in [6.07, 6.45) is 13.1. The molecule has 0 aliphatic heterocycles. The molecule has 19 heavy (non-hydrogen) atoms. The van der Waals surface area contributed by atoms with Crippen molar-refractivity contribution < 1.29 is 4.74 Å². The summed E-state index contributed by atoms with van der Waals surface area (Å²) in [5, 5.41) is 0. The molecule has 2 aliphatic rings. The molecule has 0 aromatic rings. The summed E-state index contributed by atoms with van der Waals surface area (Å²) < 4.78 is 6.27. The van der Waals surface area contributed by atoms with Crippen molar-refractivity contribution in [2.24, 2.45) is 17.6 Å². The summed E-state index contributed by atoms with van der Waals surface area (Å²) in [6.45, 7) is 5.32. The fraction of sp³-hybridized carbons (Fsp3) is 1.00. The molecular weight excluding hydrogens is 234 g/mol. The highest BCUT2D eigenvalue weighted by atomic mass is 16.5. The zero-order valence-electron chi connectivity index (χ0n) is 13.0. The quantitative estimate of drug-likeness (QED) is 0.772. The fourth-order valence-corrected chi connectivity index (χ4v) is 4.26. The Bertz CT molecular complexity index is 250. The van der Waals surface area contributed by atoms with Gasteiger partial charge >= 0.3 is 0 Å². The zero-order valence-corrected chi connectivity index (χ0v) is 13.0. The molecule has 0 spiro atoms. The van der Waals surface area contributed by atoms with Crippen LogP contribution < -0.4 is 5.73 Å². The molecule has 2 saturated carbocycles. The molecule has 2 N–H and O–H groups in total. The van der Waals surface area contributed by atoms with Crippen LogP contribution in [0.15, 0.2) is 0 Å². The molecule has 0 radical (unpaired) electrons. The number of rotatable bonds is 4. The van der Waals surface area contributed by atoms with E-state index in [0.29, 0.717) is 5.92 Å². The van der Waals surface area contributed by atoms with Crippen molar-refractivity contribution >= 4 is 0 Å². The Kier molecular flexibility index (Phi) is 5.70. The zero-order chi connectivity index (χ0) is 13.7. The minimum absolute atomic E-state index is 0.00348. The third-order valence-corrected chi connectivity index (χ3v) is 5.56. The molecule has 0 aromatic carbocycles. The van der Waals surface area contributed by atoms with Crippen LogP contribution in [0.2, 0.25) is 0 Å². The first kappa shape index (κ1) is 15.3. The van der Waals surface area contributed by atoms with Crippen LogP contribution in [0.3, 0.4) is 0 Å². The molecule has 2 heteroatoms. The predicted octanol–water partition coefficient (Wildman–Crippen LogP) is 4.27. The van der Waals surface area contributed by atoms with E-state index >= 15 is 0 Å². The van der Waals surface area contributed by atoms with E-state index in [1.54, 1.807) is 0 Å². The van der Waals surface area contributed by atoms with Crippen molar-refractivity contribution in [3.8, 4) is 0 Å². The van der Waals surface area contributed by atoms with Crippen LogP contribution in [0, 0.1) is 11.8 Å². The van der Waals surface area contributed by atoms with Gasteiger partial charge in [-0.3, -0.25) is 0 Å². The van der Waals surface area contributed by atoms with Crippen molar-refractivity contribution in [2.75, 3.05) is 6.61 Å². The minimum atomic E-state index is -0.00348. The van der Waals surface area contributed by atoms with Gasteiger partial charge in [0.25, 0.3) is 0 Å². The van der Waals surface area contributed by atoms with Gasteiger partial charge in [0.1, 0.15) is 0 Å². The Balaban J connectivity index is 2.04. The molecule has 2 rings (SSSR count). The number of nitrogens with two attached hydrogens (primary N) is 1. The Labute approximate surface area is 119 Å². The molecule has 0 bridgehead atoms. The molecule has 0 aromatic heterocycles. The van der Waals surface area contributed by atoms with E-state index in [0.717, 1.165) is 12.5 Å². The fourth-order valence-electron chi connectivity index (χ4n) is 4.26.